The molecule has 0 aliphatic heterocycles. The molecule has 6 nitrogen and oxygen atoms in total. The third kappa shape index (κ3) is 8.96. The molecule has 10 aromatic rings. The van der Waals surface area contributed by atoms with Crippen molar-refractivity contribution in [1.82, 2.24) is 9.13 Å². The topological polar surface area (TPSA) is 68.8 Å². The molecule has 2 N–H and O–H groups in total. The normalized spacial score (nSPS) is 11.6. The standard InChI is InChI=1S/C58H52F2GeN2O4.2CH3.Zr/c1-35(2)61(36(3)4,33-66-55-25-23-39(59)31-45(55)47-27-37(5)29-53(57(47)64)62-49-19-11-7-15-41(49)42-16-8-12-20-50(42)62)34-67-56-26-24-40(60)32-46(56)48-28-38(6)30-54(58(48)65)63-51-21-13-9-17-43(51)44-18-10-14-22-52(44)63;;;/h7-32,35-36,64-65H,33-34H2,1-6H3;2*1H3;/q;2*-1;+2. The number of hydrogen-bond acceptors (Lipinski definition) is 4. The second-order valence-electron chi connectivity index (χ2n) is 18.5. The number of fused-ring (bicyclic) bond motifs is 6. The maximum atomic E-state index is 15.4. The van der Waals surface area contributed by atoms with Crippen molar-refractivity contribution in [3.8, 4) is 56.6 Å². The fourth-order valence-electron chi connectivity index (χ4n) is 10.1. The van der Waals surface area contributed by atoms with Gasteiger partial charge in [-0.3, -0.25) is 0 Å². The summed E-state index contributed by atoms with van der Waals surface area (Å²) in [4.78, 5) is 0. The predicted molar refractivity (Wildman–Crippen MR) is 285 cm³/mol. The van der Waals surface area contributed by atoms with E-state index in [1.807, 2.05) is 111 Å². The van der Waals surface area contributed by atoms with Crippen molar-refractivity contribution in [2.24, 2.45) is 0 Å². The van der Waals surface area contributed by atoms with E-state index in [0.29, 0.717) is 56.0 Å². The molecule has 0 atom stereocenters. The van der Waals surface area contributed by atoms with Crippen molar-refractivity contribution >= 4 is 56.9 Å². The van der Waals surface area contributed by atoms with Crippen LogP contribution in [-0.2, 0) is 26.2 Å². The van der Waals surface area contributed by atoms with Crippen molar-refractivity contribution < 1.29 is 54.7 Å². The fraction of sp³-hybridized carbons (Fsp3) is 0.167. The summed E-state index contributed by atoms with van der Waals surface area (Å²) in [5.41, 5.74) is 9.30. The largest absolute Gasteiger partial charge is 2.00 e. The van der Waals surface area contributed by atoms with Crippen LogP contribution in [0.2, 0.25) is 9.50 Å². The molecule has 0 amide bonds. The van der Waals surface area contributed by atoms with E-state index in [0.717, 1.165) is 54.7 Å². The molecule has 0 radical (unpaired) electrons. The Hall–Kier alpha value is -6.15. The number of ether oxygens (including phenoxy) is 2. The zero-order valence-electron chi connectivity index (χ0n) is 40.9. The van der Waals surface area contributed by atoms with Crippen LogP contribution in [0, 0.1) is 40.3 Å². The number of aromatic nitrogens is 2. The summed E-state index contributed by atoms with van der Waals surface area (Å²) in [6, 6.07) is 49.1. The van der Waals surface area contributed by atoms with E-state index in [4.69, 9.17) is 9.47 Å². The number of rotatable bonds is 12. The summed E-state index contributed by atoms with van der Waals surface area (Å²) in [5, 5.41) is 28.8. The van der Waals surface area contributed by atoms with Crippen molar-refractivity contribution in [3.05, 3.63) is 195 Å². The molecule has 354 valence electrons. The average Bonchev–Trinajstić information content (AvgIpc) is 3.84. The van der Waals surface area contributed by atoms with Crippen LogP contribution in [0.4, 0.5) is 8.78 Å². The minimum absolute atomic E-state index is 0. The van der Waals surface area contributed by atoms with E-state index in [1.54, 1.807) is 12.1 Å². The van der Waals surface area contributed by atoms with Gasteiger partial charge in [0.15, 0.2) is 0 Å². The van der Waals surface area contributed by atoms with Gasteiger partial charge in [-0.25, -0.2) is 0 Å². The number of benzene rings is 8. The number of nitrogens with zero attached hydrogens (tertiary/aromatic N) is 2. The minimum atomic E-state index is -3.34. The van der Waals surface area contributed by atoms with Crippen LogP contribution < -0.4 is 9.47 Å². The Morgan fingerprint density at radius 3 is 1.09 bits per heavy atom. The molecule has 0 bridgehead atoms. The molecule has 0 aliphatic rings. The molecule has 0 spiro atoms. The van der Waals surface area contributed by atoms with Gasteiger partial charge >= 0.3 is 420 Å². The summed E-state index contributed by atoms with van der Waals surface area (Å²) in [7, 11) is 0. The molecule has 10 heteroatoms. The van der Waals surface area contributed by atoms with Crippen LogP contribution in [0.15, 0.2) is 158 Å². The Labute approximate surface area is 431 Å². The molecule has 0 unspecified atom stereocenters. The van der Waals surface area contributed by atoms with E-state index in [-0.39, 0.29) is 62.1 Å². The molecule has 0 aliphatic carbocycles. The molecule has 70 heavy (non-hydrogen) atoms. The summed E-state index contributed by atoms with van der Waals surface area (Å²) in [5.74, 6) is 0.0417. The second kappa shape index (κ2) is 20.7. The third-order valence-electron chi connectivity index (χ3n) is 13.9. The molecule has 10 rings (SSSR count). The van der Waals surface area contributed by atoms with Crippen molar-refractivity contribution in [3.63, 3.8) is 0 Å². The van der Waals surface area contributed by atoms with Crippen LogP contribution in [0.1, 0.15) is 38.8 Å². The maximum Gasteiger partial charge on any atom is 2.00 e. The maximum absolute atomic E-state index is 15.4. The van der Waals surface area contributed by atoms with Gasteiger partial charge in [0.2, 0.25) is 0 Å². The zero-order valence-corrected chi connectivity index (χ0v) is 45.5. The number of phenolic OH excluding ortho intramolecular Hbond substituents is 2. The zero-order chi connectivity index (χ0) is 46.7. The van der Waals surface area contributed by atoms with Gasteiger partial charge in [0.1, 0.15) is 0 Å². The Bertz CT molecular complexity index is 3200. The van der Waals surface area contributed by atoms with Gasteiger partial charge in [-0.05, 0) is 0 Å². The Morgan fingerprint density at radius 1 is 0.457 bits per heavy atom. The van der Waals surface area contributed by atoms with Crippen molar-refractivity contribution in [2.75, 3.05) is 10.9 Å². The smallest absolute Gasteiger partial charge is 0.358 e. The Morgan fingerprint density at radius 2 is 0.771 bits per heavy atom. The summed E-state index contributed by atoms with van der Waals surface area (Å²) in [6.45, 7) is 12.8. The van der Waals surface area contributed by atoms with Crippen molar-refractivity contribution in [1.29, 1.82) is 0 Å². The molecule has 0 saturated carbocycles. The first-order valence-corrected chi connectivity index (χ1v) is 28.2. The average molecular weight is 1070 g/mol. The molecule has 2 aromatic heterocycles. The number of para-hydroxylation sites is 4. The molecule has 2 heterocycles. The van der Waals surface area contributed by atoms with Crippen LogP contribution in [0.3, 0.4) is 0 Å². The Kier molecular flexibility index (Phi) is 15.3. The van der Waals surface area contributed by atoms with E-state index >= 15 is 8.78 Å². The first-order valence-electron chi connectivity index (χ1n) is 22.8. The van der Waals surface area contributed by atoms with Gasteiger partial charge < -0.3 is 14.9 Å². The summed E-state index contributed by atoms with van der Waals surface area (Å²) >= 11 is -3.34. The number of phenols is 2. The van der Waals surface area contributed by atoms with E-state index in [9.17, 15) is 10.2 Å². The molecule has 8 aromatic carbocycles. The van der Waals surface area contributed by atoms with Gasteiger partial charge in [-0.15, -0.1) is 0 Å². The van der Waals surface area contributed by atoms with Crippen LogP contribution >= 0.6 is 0 Å². The van der Waals surface area contributed by atoms with Crippen molar-refractivity contribution in [2.45, 2.75) is 51.0 Å². The SMILES string of the molecule is Cc1cc(-c2cc(F)ccc2O[CH2][Ge]([CH2]Oc2ccc(F)cc2-c2cc(C)cc(-n3c4ccccc4c4ccccc43)c2O)([CH](C)C)[CH](C)C)c(O)c(-n2c3ccccc3c3ccccc32)c1.[CH3-].[CH3-].[Zr+2]. The van der Waals surface area contributed by atoms with E-state index < -0.39 is 24.9 Å². The third-order valence-corrected chi connectivity index (χ3v) is 26.4. The number of halogens is 2. The quantitative estimate of drug-likeness (QED) is 0.0945. The monoisotopic (exact) mass is 1070 g/mol. The first kappa shape index (κ1) is 51.7. The van der Waals surface area contributed by atoms with Crippen LogP contribution in [-0.4, -0.2) is 43.5 Å². The molecule has 0 saturated heterocycles. The number of aromatic hydroxyl groups is 2. The van der Waals surface area contributed by atoms with Gasteiger partial charge in [0, 0.05) is 0 Å². The summed E-state index contributed by atoms with van der Waals surface area (Å²) in [6.07, 6.45) is 0. The van der Waals surface area contributed by atoms with Gasteiger partial charge in [0.05, 0.1) is 0 Å². The number of hydrogen-bond donors (Lipinski definition) is 2. The van der Waals surface area contributed by atoms with Gasteiger partial charge in [0.25, 0.3) is 0 Å². The molecule has 0 fully saturated rings. The molecular formula is C60H58F2GeN2O4Zr. The van der Waals surface area contributed by atoms with Gasteiger partial charge in [-0.2, -0.15) is 0 Å². The second-order valence-corrected chi connectivity index (χ2v) is 29.7. The van der Waals surface area contributed by atoms with E-state index in [2.05, 4.69) is 61.1 Å². The van der Waals surface area contributed by atoms with Crippen LogP contribution in [0.25, 0.3) is 77.2 Å². The Balaban J connectivity index is 0.00000241. The molecular weight excluding hydrogens is 1010 g/mol. The predicted octanol–water partition coefficient (Wildman–Crippen LogP) is 16.2. The number of aryl methyl sites for hydroxylation is 2. The fourth-order valence-corrected chi connectivity index (χ4v) is 17.7. The summed E-state index contributed by atoms with van der Waals surface area (Å²) < 4.78 is 49.1. The minimum Gasteiger partial charge on any atom is -0.358 e. The van der Waals surface area contributed by atoms with E-state index in [1.165, 1.54) is 24.3 Å². The van der Waals surface area contributed by atoms with Crippen LogP contribution in [0.5, 0.6) is 23.0 Å². The van der Waals surface area contributed by atoms with Gasteiger partial charge in [-0.1, -0.05) is 0 Å². The first-order chi connectivity index (χ1) is 32.3.